The zero-order valence-corrected chi connectivity index (χ0v) is 22.7. The monoisotopic (exact) mass is 530 g/mol. The Balaban J connectivity index is 1.55. The van der Waals surface area contributed by atoms with Gasteiger partial charge in [0.15, 0.2) is 0 Å². The van der Waals surface area contributed by atoms with Gasteiger partial charge in [-0.3, -0.25) is 0 Å². The number of fused-ring (bicyclic) bond motifs is 5. The maximum absolute atomic E-state index is 9.27. The molecule has 0 fully saturated rings. The second kappa shape index (κ2) is 9.04. The highest BCUT2D eigenvalue weighted by atomic mass is 14.4. The second-order valence-corrected chi connectivity index (χ2v) is 11.1. The molecule has 0 aliphatic heterocycles. The Kier molecular flexibility index (Phi) is 3.75. The van der Waals surface area contributed by atoms with Gasteiger partial charge in [-0.1, -0.05) is 153 Å². The van der Waals surface area contributed by atoms with E-state index in [1.807, 2.05) is 84.9 Å². The van der Waals surface area contributed by atoms with Gasteiger partial charge in [0.2, 0.25) is 0 Å². The van der Waals surface area contributed by atoms with E-state index in [2.05, 4.69) is 26.0 Å². The van der Waals surface area contributed by atoms with Gasteiger partial charge >= 0.3 is 0 Å². The molecular formula is C41H30. The Morgan fingerprint density at radius 1 is 0.439 bits per heavy atom. The highest BCUT2D eigenvalue weighted by Crippen LogP contribution is 2.51. The fourth-order valence-electron chi connectivity index (χ4n) is 6.52. The summed E-state index contributed by atoms with van der Waals surface area (Å²) in [7, 11) is 0. The Labute approximate surface area is 252 Å². The van der Waals surface area contributed by atoms with E-state index in [-0.39, 0.29) is 51.1 Å². The highest BCUT2D eigenvalue weighted by Gasteiger charge is 2.35. The van der Waals surface area contributed by atoms with E-state index in [0.717, 1.165) is 27.8 Å². The molecule has 0 amide bonds. The first-order valence-electron chi connectivity index (χ1n) is 17.8. The lowest BCUT2D eigenvalue weighted by Gasteiger charge is -2.23. The van der Waals surface area contributed by atoms with Crippen molar-refractivity contribution in [3.05, 3.63) is 157 Å². The Bertz CT molecular complexity index is 2450. The van der Waals surface area contributed by atoms with Crippen molar-refractivity contribution in [1.29, 1.82) is 0 Å². The third kappa shape index (κ3) is 3.61. The van der Waals surface area contributed by atoms with Crippen LogP contribution in [0.15, 0.2) is 145 Å². The first kappa shape index (κ1) is 17.0. The van der Waals surface area contributed by atoms with Gasteiger partial charge in [-0.05, 0) is 83.2 Å². The quantitative estimate of drug-likeness (QED) is 0.199. The van der Waals surface area contributed by atoms with Gasteiger partial charge in [0, 0.05) is 5.41 Å². The van der Waals surface area contributed by atoms with Gasteiger partial charge in [0.05, 0.1) is 11.0 Å². The molecule has 0 saturated carbocycles. The van der Waals surface area contributed by atoms with Crippen LogP contribution in [0.4, 0.5) is 0 Å². The van der Waals surface area contributed by atoms with Crippen molar-refractivity contribution >= 4 is 21.5 Å². The van der Waals surface area contributed by atoms with Gasteiger partial charge in [0.25, 0.3) is 0 Å². The van der Waals surface area contributed by atoms with Crippen molar-refractivity contribution in [2.75, 3.05) is 0 Å². The molecule has 1 aliphatic carbocycles. The Hall–Kier alpha value is -4.94. The van der Waals surface area contributed by atoms with Crippen molar-refractivity contribution in [1.82, 2.24) is 0 Å². The number of rotatable bonds is 3. The fourth-order valence-corrected chi connectivity index (χ4v) is 6.52. The molecule has 0 heteroatoms. The first-order valence-corrected chi connectivity index (χ1v) is 13.8. The Morgan fingerprint density at radius 3 is 1.54 bits per heavy atom. The molecule has 0 heterocycles. The molecule has 0 atom stereocenters. The molecule has 0 aromatic heterocycles. The van der Waals surface area contributed by atoms with E-state index in [1.54, 1.807) is 0 Å². The molecule has 41 heavy (non-hydrogen) atoms. The molecule has 7 aromatic carbocycles. The summed E-state index contributed by atoms with van der Waals surface area (Å²) in [6.07, 6.45) is 0. The van der Waals surface area contributed by atoms with Crippen LogP contribution in [0.25, 0.3) is 66.1 Å². The molecular weight excluding hydrogens is 492 g/mol. The molecule has 8 rings (SSSR count). The smallest absolute Gasteiger partial charge is 0.0622 e. The molecule has 0 N–H and O–H groups in total. The van der Waals surface area contributed by atoms with Crippen LogP contribution in [-0.2, 0) is 5.41 Å². The van der Waals surface area contributed by atoms with E-state index in [9.17, 15) is 5.48 Å². The van der Waals surface area contributed by atoms with Crippen LogP contribution in [0.2, 0.25) is 0 Å². The predicted octanol–water partition coefficient (Wildman–Crippen LogP) is 11.3. The summed E-state index contributed by atoms with van der Waals surface area (Å²) < 4.78 is 71.9. The maximum atomic E-state index is 9.27. The van der Waals surface area contributed by atoms with Gasteiger partial charge in [-0.2, -0.15) is 0 Å². The lowest BCUT2D eigenvalue weighted by Crippen LogP contribution is -2.14. The van der Waals surface area contributed by atoms with Crippen LogP contribution in [0.5, 0.6) is 0 Å². The van der Waals surface area contributed by atoms with Crippen molar-refractivity contribution in [3.63, 3.8) is 0 Å². The Morgan fingerprint density at radius 2 is 0.902 bits per heavy atom. The largest absolute Gasteiger partial charge is 0.0629 e. The summed E-state index contributed by atoms with van der Waals surface area (Å²) in [5, 5.41) is 0.876. The average molecular weight is 531 g/mol. The number of hydrogen-bond donors (Lipinski definition) is 0. The van der Waals surface area contributed by atoms with Gasteiger partial charge < -0.3 is 0 Å². The van der Waals surface area contributed by atoms with Crippen LogP contribution in [0, 0.1) is 0 Å². The molecule has 0 bridgehead atoms. The minimum Gasteiger partial charge on any atom is -0.0622 e. The van der Waals surface area contributed by atoms with Crippen molar-refractivity contribution in [2.45, 2.75) is 19.3 Å². The van der Waals surface area contributed by atoms with Crippen molar-refractivity contribution < 1.29 is 11.0 Å². The van der Waals surface area contributed by atoms with Crippen LogP contribution in [-0.4, -0.2) is 0 Å². The summed E-state index contributed by atoms with van der Waals surface area (Å²) in [6.45, 7) is 4.30. The summed E-state index contributed by atoms with van der Waals surface area (Å²) >= 11 is 0. The van der Waals surface area contributed by atoms with Crippen molar-refractivity contribution in [2.24, 2.45) is 0 Å². The van der Waals surface area contributed by atoms with Crippen molar-refractivity contribution in [3.8, 4) is 44.5 Å². The maximum Gasteiger partial charge on any atom is 0.0629 e. The molecule has 1 aliphatic rings. The first-order chi connectivity index (χ1) is 23.4. The predicted molar refractivity (Wildman–Crippen MR) is 175 cm³/mol. The molecule has 7 aromatic rings. The van der Waals surface area contributed by atoms with E-state index in [4.69, 9.17) is 5.48 Å². The average Bonchev–Trinajstić information content (AvgIpc) is 3.36. The molecule has 0 unspecified atom stereocenters. The van der Waals surface area contributed by atoms with Crippen LogP contribution in [0.3, 0.4) is 0 Å². The SMILES string of the molecule is [2H]c1c([2H])c([2H])c2c(-c3ccc4c(c3)C(C)(C)c3ccccc3-4)c3c([2H])c([2H])c([2H])c([2H])c3c(-c3ccc(-c4ccccc4)cc3)c2c1[2H]. The zero-order chi connectivity index (χ0) is 34.5. The molecule has 0 radical (unpaired) electrons. The second-order valence-electron chi connectivity index (χ2n) is 11.1. The zero-order valence-electron chi connectivity index (χ0n) is 30.7. The van der Waals surface area contributed by atoms with E-state index in [1.165, 1.54) is 5.56 Å². The van der Waals surface area contributed by atoms with E-state index < -0.39 is 24.2 Å². The molecule has 0 saturated heterocycles. The van der Waals surface area contributed by atoms with E-state index >= 15 is 0 Å². The normalized spacial score (nSPS) is 16.0. The van der Waals surface area contributed by atoms with Crippen LogP contribution < -0.4 is 0 Å². The number of benzene rings is 7. The summed E-state index contributed by atoms with van der Waals surface area (Å²) in [6, 6.07) is 28.9. The molecule has 0 spiro atoms. The summed E-state index contributed by atoms with van der Waals surface area (Å²) in [4.78, 5) is 0. The highest BCUT2D eigenvalue weighted by molar-refractivity contribution is 6.21. The minimum absolute atomic E-state index is 0.217. The van der Waals surface area contributed by atoms with E-state index in [0.29, 0.717) is 22.3 Å². The summed E-state index contributed by atoms with van der Waals surface area (Å²) in [5.41, 5.74) is 7.90. The summed E-state index contributed by atoms with van der Waals surface area (Å²) in [5.74, 6) is 0. The standard InChI is InChI=1S/C41H30/c1-41(2)37-19-11-10-14-31(37)32-25-24-30(26-38(32)41)40-35-17-8-6-15-33(35)39(34-16-7-9-18-36(34)40)29-22-20-28(21-23-29)27-12-4-3-5-13-27/h3-26H,1-2H3/i6D,7D,8D,9D,15D,16D,17D,18D. The van der Waals surface area contributed by atoms with Crippen LogP contribution >= 0.6 is 0 Å². The van der Waals surface area contributed by atoms with Gasteiger partial charge in [0.1, 0.15) is 0 Å². The topological polar surface area (TPSA) is 0 Å². The van der Waals surface area contributed by atoms with Gasteiger partial charge in [-0.15, -0.1) is 0 Å². The third-order valence-corrected chi connectivity index (χ3v) is 8.53. The lowest BCUT2D eigenvalue weighted by atomic mass is 9.80. The molecule has 194 valence electrons. The molecule has 0 nitrogen and oxygen atoms in total. The number of hydrogen-bond acceptors (Lipinski definition) is 0. The fraction of sp³-hybridized carbons (Fsp3) is 0.0732. The van der Waals surface area contributed by atoms with Crippen LogP contribution in [0.1, 0.15) is 35.9 Å². The third-order valence-electron chi connectivity index (χ3n) is 8.53. The minimum atomic E-state index is -0.406. The van der Waals surface area contributed by atoms with Gasteiger partial charge in [-0.25, -0.2) is 0 Å². The lowest BCUT2D eigenvalue weighted by molar-refractivity contribution is 0.660.